The first-order valence-electron chi connectivity index (χ1n) is 4.52. The van der Waals surface area contributed by atoms with Gasteiger partial charge in [-0.05, 0) is 17.9 Å². The van der Waals surface area contributed by atoms with Crippen LogP contribution >= 0.6 is 0 Å². The van der Waals surface area contributed by atoms with E-state index in [1.807, 2.05) is 0 Å². The third-order valence-electron chi connectivity index (χ3n) is 2.39. The van der Waals surface area contributed by atoms with E-state index in [0.29, 0.717) is 12.0 Å². The van der Waals surface area contributed by atoms with E-state index in [-0.39, 0.29) is 0 Å². The fourth-order valence-corrected chi connectivity index (χ4v) is 1.50. The normalized spacial score (nSPS) is 23.6. The Kier molecular flexibility index (Phi) is 2.13. The molecule has 0 spiro atoms. The summed E-state index contributed by atoms with van der Waals surface area (Å²) in [6.45, 7) is 3.22. The number of hydrogen-bond donors (Lipinski definition) is 0. The van der Waals surface area contributed by atoms with Crippen molar-refractivity contribution < 1.29 is 4.74 Å². The van der Waals surface area contributed by atoms with Crippen molar-refractivity contribution in [1.29, 1.82) is 0 Å². The zero-order chi connectivity index (χ0) is 8.39. The number of hydrogen-bond acceptors (Lipinski definition) is 1. The van der Waals surface area contributed by atoms with Crippen LogP contribution in [0.15, 0.2) is 30.3 Å². The van der Waals surface area contributed by atoms with Gasteiger partial charge in [-0.25, -0.2) is 0 Å². The molecule has 12 heavy (non-hydrogen) atoms. The first kappa shape index (κ1) is 7.81. The predicted molar refractivity (Wildman–Crippen MR) is 49.1 cm³/mol. The molecule has 2 rings (SSSR count). The fourth-order valence-electron chi connectivity index (χ4n) is 1.50. The molecule has 0 aromatic heterocycles. The van der Waals surface area contributed by atoms with Crippen LogP contribution in [0.3, 0.4) is 0 Å². The molecule has 1 aliphatic rings. The Balaban J connectivity index is 1.94. The van der Waals surface area contributed by atoms with Crippen molar-refractivity contribution in [3.63, 3.8) is 0 Å². The van der Waals surface area contributed by atoms with Crippen LogP contribution < -0.4 is 0 Å². The molecule has 0 N–H and O–H groups in total. The van der Waals surface area contributed by atoms with Gasteiger partial charge in [-0.1, -0.05) is 37.3 Å². The summed E-state index contributed by atoms with van der Waals surface area (Å²) in [5.74, 6) is 0.674. The molecule has 1 heterocycles. The first-order valence-corrected chi connectivity index (χ1v) is 4.52. The van der Waals surface area contributed by atoms with E-state index in [1.165, 1.54) is 5.56 Å². The van der Waals surface area contributed by atoms with Crippen molar-refractivity contribution >= 4 is 0 Å². The molecule has 0 radical (unpaired) electrons. The molecule has 1 nitrogen and oxygen atoms in total. The minimum absolute atomic E-state index is 0.533. The summed E-state index contributed by atoms with van der Waals surface area (Å²) in [6, 6.07) is 10.6. The predicted octanol–water partition coefficient (Wildman–Crippen LogP) is 2.26. The highest BCUT2D eigenvalue weighted by Crippen LogP contribution is 2.22. The summed E-state index contributed by atoms with van der Waals surface area (Å²) in [5, 5.41) is 0. The van der Waals surface area contributed by atoms with E-state index in [4.69, 9.17) is 4.74 Å². The van der Waals surface area contributed by atoms with Crippen molar-refractivity contribution in [3.05, 3.63) is 35.9 Å². The molecule has 0 bridgehead atoms. The third kappa shape index (κ3) is 1.86. The van der Waals surface area contributed by atoms with Crippen LogP contribution in [0.4, 0.5) is 0 Å². The molecule has 1 saturated heterocycles. The van der Waals surface area contributed by atoms with Crippen molar-refractivity contribution in [2.45, 2.75) is 19.4 Å². The van der Waals surface area contributed by atoms with E-state index >= 15 is 0 Å². The van der Waals surface area contributed by atoms with Gasteiger partial charge in [0.2, 0.25) is 0 Å². The Morgan fingerprint density at radius 3 is 2.67 bits per heavy atom. The van der Waals surface area contributed by atoms with E-state index < -0.39 is 0 Å². The monoisotopic (exact) mass is 162 g/mol. The highest BCUT2D eigenvalue weighted by atomic mass is 16.6. The Morgan fingerprint density at radius 1 is 1.42 bits per heavy atom. The Bertz CT molecular complexity index is 238. The van der Waals surface area contributed by atoms with Gasteiger partial charge in [0.25, 0.3) is 0 Å². The molecule has 1 aliphatic heterocycles. The maximum absolute atomic E-state index is 5.24. The van der Waals surface area contributed by atoms with Gasteiger partial charge in [-0.3, -0.25) is 0 Å². The van der Waals surface area contributed by atoms with Crippen molar-refractivity contribution in [2.75, 3.05) is 6.61 Å². The first-order chi connectivity index (χ1) is 5.86. The lowest BCUT2D eigenvalue weighted by Gasteiger charge is -2.06. The summed E-state index contributed by atoms with van der Waals surface area (Å²) in [5.41, 5.74) is 1.42. The molecule has 1 heteroatoms. The average molecular weight is 162 g/mol. The highest BCUT2D eigenvalue weighted by molar-refractivity contribution is 5.15. The molecule has 64 valence electrons. The molecular weight excluding hydrogens is 148 g/mol. The Morgan fingerprint density at radius 2 is 2.08 bits per heavy atom. The molecule has 2 atom stereocenters. The SMILES string of the molecule is C[C@@H](Cc1ccccc1)C1CO1. The number of epoxide rings is 1. The van der Waals surface area contributed by atoms with Crippen LogP contribution in [-0.2, 0) is 11.2 Å². The summed E-state index contributed by atoms with van der Waals surface area (Å²) in [6.07, 6.45) is 1.68. The minimum atomic E-state index is 0.533. The zero-order valence-electron chi connectivity index (χ0n) is 7.36. The average Bonchev–Trinajstić information content (AvgIpc) is 2.88. The summed E-state index contributed by atoms with van der Waals surface area (Å²) >= 11 is 0. The number of ether oxygens (including phenoxy) is 1. The molecule has 0 aliphatic carbocycles. The summed E-state index contributed by atoms with van der Waals surface area (Å²) in [4.78, 5) is 0. The topological polar surface area (TPSA) is 12.5 Å². The summed E-state index contributed by atoms with van der Waals surface area (Å²) < 4.78 is 5.24. The highest BCUT2D eigenvalue weighted by Gasteiger charge is 2.28. The largest absolute Gasteiger partial charge is 0.373 e. The van der Waals surface area contributed by atoms with Crippen molar-refractivity contribution in [2.24, 2.45) is 5.92 Å². The molecule has 0 saturated carbocycles. The molecule has 1 aromatic carbocycles. The smallest absolute Gasteiger partial charge is 0.0838 e. The van der Waals surface area contributed by atoms with Gasteiger partial charge < -0.3 is 4.74 Å². The van der Waals surface area contributed by atoms with Gasteiger partial charge in [0.05, 0.1) is 12.7 Å². The van der Waals surface area contributed by atoms with Crippen molar-refractivity contribution in [1.82, 2.24) is 0 Å². The van der Waals surface area contributed by atoms with Crippen LogP contribution in [-0.4, -0.2) is 12.7 Å². The molecule has 0 amide bonds. The molecule has 1 fully saturated rings. The van der Waals surface area contributed by atoms with Crippen LogP contribution in [0.5, 0.6) is 0 Å². The Labute approximate surface area is 73.4 Å². The fraction of sp³-hybridized carbons (Fsp3) is 0.455. The number of rotatable bonds is 3. The van der Waals surface area contributed by atoms with Gasteiger partial charge in [0.1, 0.15) is 0 Å². The van der Waals surface area contributed by atoms with Crippen LogP contribution in [0.1, 0.15) is 12.5 Å². The van der Waals surface area contributed by atoms with E-state index in [0.717, 1.165) is 13.0 Å². The van der Waals surface area contributed by atoms with Crippen LogP contribution in [0.25, 0.3) is 0 Å². The lowest BCUT2D eigenvalue weighted by molar-refractivity contribution is 0.341. The molecule has 1 aromatic rings. The quantitative estimate of drug-likeness (QED) is 0.621. The second kappa shape index (κ2) is 3.28. The van der Waals surface area contributed by atoms with Gasteiger partial charge in [-0.2, -0.15) is 0 Å². The van der Waals surface area contributed by atoms with Gasteiger partial charge in [-0.15, -0.1) is 0 Å². The molecule has 1 unspecified atom stereocenters. The minimum Gasteiger partial charge on any atom is -0.373 e. The van der Waals surface area contributed by atoms with E-state index in [2.05, 4.69) is 37.3 Å². The maximum atomic E-state index is 5.24. The number of benzene rings is 1. The van der Waals surface area contributed by atoms with Crippen molar-refractivity contribution in [3.8, 4) is 0 Å². The summed E-state index contributed by atoms with van der Waals surface area (Å²) in [7, 11) is 0. The Hall–Kier alpha value is -0.820. The van der Waals surface area contributed by atoms with E-state index in [9.17, 15) is 0 Å². The van der Waals surface area contributed by atoms with Crippen LogP contribution in [0, 0.1) is 5.92 Å². The second-order valence-corrected chi connectivity index (χ2v) is 3.54. The third-order valence-corrected chi connectivity index (χ3v) is 2.39. The lowest BCUT2D eigenvalue weighted by atomic mass is 9.99. The van der Waals surface area contributed by atoms with Crippen LogP contribution in [0.2, 0.25) is 0 Å². The van der Waals surface area contributed by atoms with E-state index in [1.54, 1.807) is 0 Å². The van der Waals surface area contributed by atoms with Gasteiger partial charge in [0.15, 0.2) is 0 Å². The van der Waals surface area contributed by atoms with Gasteiger partial charge in [0, 0.05) is 0 Å². The second-order valence-electron chi connectivity index (χ2n) is 3.54. The molecular formula is C11H14O. The lowest BCUT2D eigenvalue weighted by Crippen LogP contribution is -2.06. The standard InChI is InChI=1S/C11H14O/c1-9(11-8-12-11)7-10-5-3-2-4-6-10/h2-6,9,11H,7-8H2,1H3/t9-,11?/m0/s1. The van der Waals surface area contributed by atoms with Gasteiger partial charge >= 0.3 is 0 Å². The zero-order valence-corrected chi connectivity index (χ0v) is 7.36. The maximum Gasteiger partial charge on any atom is 0.0838 e.